The summed E-state index contributed by atoms with van der Waals surface area (Å²) in [5.74, 6) is 0.106. The molecule has 2 amide bonds. The quantitative estimate of drug-likeness (QED) is 0.664. The fourth-order valence-electron chi connectivity index (χ4n) is 2.45. The van der Waals surface area contributed by atoms with Crippen LogP contribution in [-0.2, 0) is 0 Å². The van der Waals surface area contributed by atoms with Crippen LogP contribution in [0.25, 0.3) is 0 Å². The number of carbonyl (C=O) groups is 2. The molecule has 0 saturated carbocycles. The molecular weight excluding hydrogens is 364 g/mol. The fraction of sp³-hybridized carbons (Fsp3) is 0.0476. The van der Waals surface area contributed by atoms with Gasteiger partial charge >= 0.3 is 0 Å². The van der Waals surface area contributed by atoms with Crippen molar-refractivity contribution in [1.82, 2.24) is 0 Å². The summed E-state index contributed by atoms with van der Waals surface area (Å²) in [5.41, 5.74) is 2.03. The van der Waals surface area contributed by atoms with Crippen molar-refractivity contribution in [3.05, 3.63) is 88.9 Å². The lowest BCUT2D eigenvalue weighted by atomic mass is 10.1. The average Bonchev–Trinajstić information content (AvgIpc) is 2.68. The van der Waals surface area contributed by atoms with E-state index >= 15 is 0 Å². The van der Waals surface area contributed by atoms with Crippen molar-refractivity contribution < 1.29 is 14.3 Å². The number of hydrogen-bond acceptors (Lipinski definition) is 3. The molecular formula is C21H17ClN2O3. The van der Waals surface area contributed by atoms with Crippen LogP contribution in [0.4, 0.5) is 11.4 Å². The molecule has 2 N–H and O–H groups in total. The second-order valence-electron chi connectivity index (χ2n) is 5.73. The van der Waals surface area contributed by atoms with Gasteiger partial charge in [0.1, 0.15) is 5.75 Å². The Labute approximate surface area is 161 Å². The van der Waals surface area contributed by atoms with Crippen molar-refractivity contribution in [3.63, 3.8) is 0 Å². The lowest BCUT2D eigenvalue weighted by molar-refractivity contribution is 0.101. The van der Waals surface area contributed by atoms with Gasteiger partial charge in [-0.1, -0.05) is 23.7 Å². The van der Waals surface area contributed by atoms with E-state index in [0.717, 1.165) is 0 Å². The topological polar surface area (TPSA) is 67.4 Å². The Kier molecular flexibility index (Phi) is 5.74. The smallest absolute Gasteiger partial charge is 0.255 e. The van der Waals surface area contributed by atoms with Crippen molar-refractivity contribution in [2.24, 2.45) is 0 Å². The molecule has 0 aliphatic rings. The first-order valence-electron chi connectivity index (χ1n) is 8.17. The Hall–Kier alpha value is -3.31. The predicted molar refractivity (Wildman–Crippen MR) is 107 cm³/mol. The van der Waals surface area contributed by atoms with Crippen LogP contribution in [0.3, 0.4) is 0 Å². The van der Waals surface area contributed by atoms with E-state index in [4.69, 9.17) is 16.3 Å². The summed E-state index contributed by atoms with van der Waals surface area (Å²) in [6, 6.07) is 20.4. The van der Waals surface area contributed by atoms with Gasteiger partial charge in [-0.25, -0.2) is 0 Å². The van der Waals surface area contributed by atoms with Crippen molar-refractivity contribution in [1.29, 1.82) is 0 Å². The van der Waals surface area contributed by atoms with Crippen LogP contribution in [0, 0.1) is 0 Å². The van der Waals surface area contributed by atoms with Crippen LogP contribution in [0.15, 0.2) is 72.8 Å². The maximum atomic E-state index is 12.4. The van der Waals surface area contributed by atoms with Gasteiger partial charge in [0.2, 0.25) is 0 Å². The fourth-order valence-corrected chi connectivity index (χ4v) is 2.64. The molecule has 3 aromatic rings. The Bertz CT molecular complexity index is 971. The second kappa shape index (κ2) is 8.38. The van der Waals surface area contributed by atoms with Gasteiger partial charge in [0, 0.05) is 27.5 Å². The lowest BCUT2D eigenvalue weighted by Crippen LogP contribution is -2.14. The minimum atomic E-state index is -0.294. The van der Waals surface area contributed by atoms with Gasteiger partial charge in [0.15, 0.2) is 0 Å². The molecule has 0 atom stereocenters. The van der Waals surface area contributed by atoms with Crippen LogP contribution in [-0.4, -0.2) is 18.9 Å². The molecule has 6 heteroatoms. The number of benzene rings is 3. The maximum Gasteiger partial charge on any atom is 0.255 e. The van der Waals surface area contributed by atoms with Crippen molar-refractivity contribution in [2.45, 2.75) is 0 Å². The van der Waals surface area contributed by atoms with Gasteiger partial charge in [-0.2, -0.15) is 0 Å². The van der Waals surface area contributed by atoms with E-state index in [1.54, 1.807) is 79.9 Å². The number of carbonyl (C=O) groups excluding carboxylic acids is 2. The number of hydrogen-bond donors (Lipinski definition) is 2. The molecule has 0 aliphatic heterocycles. The molecule has 0 heterocycles. The molecule has 3 aromatic carbocycles. The number of halogens is 1. The van der Waals surface area contributed by atoms with Crippen LogP contribution in [0.2, 0.25) is 5.02 Å². The van der Waals surface area contributed by atoms with E-state index in [-0.39, 0.29) is 11.8 Å². The van der Waals surface area contributed by atoms with E-state index in [9.17, 15) is 9.59 Å². The molecule has 0 aliphatic carbocycles. The number of methoxy groups -OCH3 is 1. The molecule has 5 nitrogen and oxygen atoms in total. The van der Waals surface area contributed by atoms with Crippen molar-refractivity contribution in [2.75, 3.05) is 17.7 Å². The highest BCUT2D eigenvalue weighted by Gasteiger charge is 2.10. The van der Waals surface area contributed by atoms with E-state index in [1.807, 2.05) is 0 Å². The maximum absolute atomic E-state index is 12.4. The summed E-state index contributed by atoms with van der Waals surface area (Å²) >= 11 is 5.93. The molecule has 0 spiro atoms. The highest BCUT2D eigenvalue weighted by molar-refractivity contribution is 6.31. The largest absolute Gasteiger partial charge is 0.497 e. The van der Waals surface area contributed by atoms with E-state index in [0.29, 0.717) is 33.3 Å². The standard InChI is InChI=1S/C21H17ClN2O3/c1-27-19-10-8-14(9-11-19)20(25)23-17-6-2-4-15(12-17)21(26)24-18-7-3-5-16(22)13-18/h2-13H,1H3,(H,23,25)(H,24,26). The Morgan fingerprint density at radius 1 is 0.778 bits per heavy atom. The number of anilines is 2. The van der Waals surface area contributed by atoms with Crippen LogP contribution >= 0.6 is 11.6 Å². The second-order valence-corrected chi connectivity index (χ2v) is 6.16. The summed E-state index contributed by atoms with van der Waals surface area (Å²) in [5, 5.41) is 6.09. The number of rotatable bonds is 5. The zero-order valence-corrected chi connectivity index (χ0v) is 15.3. The molecule has 0 saturated heterocycles. The van der Waals surface area contributed by atoms with E-state index in [2.05, 4.69) is 10.6 Å². The average molecular weight is 381 g/mol. The molecule has 0 unspecified atom stereocenters. The Morgan fingerprint density at radius 2 is 1.37 bits per heavy atom. The highest BCUT2D eigenvalue weighted by Crippen LogP contribution is 2.18. The third-order valence-corrected chi connectivity index (χ3v) is 4.05. The summed E-state index contributed by atoms with van der Waals surface area (Å²) in [6.07, 6.45) is 0. The monoisotopic (exact) mass is 380 g/mol. The zero-order valence-electron chi connectivity index (χ0n) is 14.5. The minimum Gasteiger partial charge on any atom is -0.497 e. The molecule has 136 valence electrons. The normalized spacial score (nSPS) is 10.1. The van der Waals surface area contributed by atoms with Crippen LogP contribution in [0.5, 0.6) is 5.75 Å². The third kappa shape index (κ3) is 4.86. The number of ether oxygens (including phenoxy) is 1. The first-order valence-corrected chi connectivity index (χ1v) is 8.55. The Balaban J connectivity index is 1.70. The molecule has 0 radical (unpaired) electrons. The summed E-state index contributed by atoms with van der Waals surface area (Å²) in [7, 11) is 1.56. The number of nitrogens with one attached hydrogen (secondary N) is 2. The van der Waals surface area contributed by atoms with E-state index in [1.165, 1.54) is 0 Å². The zero-order chi connectivity index (χ0) is 19.2. The first-order chi connectivity index (χ1) is 13.0. The van der Waals surface area contributed by atoms with Crippen molar-refractivity contribution in [3.8, 4) is 5.75 Å². The predicted octanol–water partition coefficient (Wildman–Crippen LogP) is 4.85. The van der Waals surface area contributed by atoms with Crippen LogP contribution < -0.4 is 15.4 Å². The van der Waals surface area contributed by atoms with Crippen LogP contribution in [0.1, 0.15) is 20.7 Å². The third-order valence-electron chi connectivity index (χ3n) is 3.82. The van der Waals surface area contributed by atoms with E-state index < -0.39 is 0 Å². The summed E-state index contributed by atoms with van der Waals surface area (Å²) in [6.45, 7) is 0. The Morgan fingerprint density at radius 3 is 2.00 bits per heavy atom. The summed E-state index contributed by atoms with van der Waals surface area (Å²) < 4.78 is 5.08. The first kappa shape index (κ1) is 18.5. The SMILES string of the molecule is COc1ccc(C(=O)Nc2cccc(C(=O)Nc3cccc(Cl)c3)c2)cc1. The van der Waals surface area contributed by atoms with Gasteiger partial charge in [-0.15, -0.1) is 0 Å². The molecule has 0 bridgehead atoms. The lowest BCUT2D eigenvalue weighted by Gasteiger charge is -2.09. The molecule has 27 heavy (non-hydrogen) atoms. The van der Waals surface area contributed by atoms with Gasteiger partial charge < -0.3 is 15.4 Å². The van der Waals surface area contributed by atoms with Gasteiger partial charge in [0.25, 0.3) is 11.8 Å². The highest BCUT2D eigenvalue weighted by atomic mass is 35.5. The molecule has 0 fully saturated rings. The minimum absolute atomic E-state index is 0.273. The molecule has 3 rings (SSSR count). The number of amides is 2. The summed E-state index contributed by atoms with van der Waals surface area (Å²) in [4.78, 5) is 24.8. The van der Waals surface area contributed by atoms with Crippen molar-refractivity contribution >= 4 is 34.8 Å². The van der Waals surface area contributed by atoms with Gasteiger partial charge in [0.05, 0.1) is 7.11 Å². The molecule has 0 aromatic heterocycles. The van der Waals surface area contributed by atoms with Gasteiger partial charge in [-0.3, -0.25) is 9.59 Å². The van der Waals surface area contributed by atoms with Gasteiger partial charge in [-0.05, 0) is 60.7 Å².